The van der Waals surface area contributed by atoms with Crippen LogP contribution in [0, 0.1) is 0 Å². The predicted octanol–water partition coefficient (Wildman–Crippen LogP) is 1.69. The van der Waals surface area contributed by atoms with Crippen molar-refractivity contribution in [1.29, 1.82) is 0 Å². The van der Waals surface area contributed by atoms with E-state index in [1.807, 2.05) is 20.1 Å². The fourth-order valence-corrected chi connectivity index (χ4v) is 1.26. The summed E-state index contributed by atoms with van der Waals surface area (Å²) in [5.41, 5.74) is 0. The van der Waals surface area contributed by atoms with Gasteiger partial charge in [-0.2, -0.15) is 11.8 Å². The lowest BCUT2D eigenvalue weighted by Gasteiger charge is -2.09. The van der Waals surface area contributed by atoms with E-state index in [9.17, 15) is 4.79 Å². The first-order valence-corrected chi connectivity index (χ1v) is 4.74. The molecule has 0 rings (SSSR count). The molecule has 1 unspecified atom stereocenters. The van der Waals surface area contributed by atoms with E-state index in [4.69, 9.17) is 4.74 Å². The molecule has 0 heterocycles. The van der Waals surface area contributed by atoms with Crippen LogP contribution in [0.2, 0.25) is 0 Å². The van der Waals surface area contributed by atoms with Crippen molar-refractivity contribution in [3.05, 3.63) is 0 Å². The highest BCUT2D eigenvalue weighted by molar-refractivity contribution is 7.99. The van der Waals surface area contributed by atoms with Crippen LogP contribution in [0.15, 0.2) is 0 Å². The number of rotatable bonds is 4. The van der Waals surface area contributed by atoms with E-state index in [0.717, 1.165) is 6.42 Å². The molecule has 2 nitrogen and oxygen atoms in total. The van der Waals surface area contributed by atoms with Crippen molar-refractivity contribution in [2.24, 2.45) is 0 Å². The lowest BCUT2D eigenvalue weighted by Crippen LogP contribution is -2.18. The van der Waals surface area contributed by atoms with Crippen molar-refractivity contribution in [1.82, 2.24) is 0 Å². The highest BCUT2D eigenvalue weighted by Crippen LogP contribution is 2.11. The molecule has 0 saturated heterocycles. The summed E-state index contributed by atoms with van der Waals surface area (Å²) in [6.45, 7) is 4.29. The summed E-state index contributed by atoms with van der Waals surface area (Å²) in [7, 11) is 0. The van der Waals surface area contributed by atoms with Gasteiger partial charge in [-0.15, -0.1) is 0 Å². The van der Waals surface area contributed by atoms with Crippen molar-refractivity contribution in [2.45, 2.75) is 25.5 Å². The summed E-state index contributed by atoms with van der Waals surface area (Å²) in [6, 6.07) is 0. The van der Waals surface area contributed by atoms with Gasteiger partial charge in [-0.3, -0.25) is 4.79 Å². The molecule has 0 spiro atoms. The molecule has 0 fully saturated rings. The van der Waals surface area contributed by atoms with E-state index < -0.39 is 0 Å². The fraction of sp³-hybridized carbons (Fsp3) is 0.857. The smallest absolute Gasteiger partial charge is 0.319 e. The molecule has 0 aliphatic rings. The summed E-state index contributed by atoms with van der Waals surface area (Å²) < 4.78 is 4.83. The first kappa shape index (κ1) is 9.82. The molecular weight excluding hydrogens is 148 g/mol. The molecule has 60 valence electrons. The summed E-state index contributed by atoms with van der Waals surface area (Å²) in [5, 5.41) is 0.0277. The molecule has 3 heteroatoms. The number of carbonyl (C=O) groups is 1. The highest BCUT2D eigenvalue weighted by Gasteiger charge is 2.14. The van der Waals surface area contributed by atoms with Crippen LogP contribution in [0.25, 0.3) is 0 Å². The average Bonchev–Trinajstić information content (AvgIpc) is 1.91. The summed E-state index contributed by atoms with van der Waals surface area (Å²) >= 11 is 1.54. The molecule has 1 atom stereocenters. The minimum absolute atomic E-state index is 0.0277. The Kier molecular flexibility index (Phi) is 5.49. The fourth-order valence-electron chi connectivity index (χ4n) is 0.665. The summed E-state index contributed by atoms with van der Waals surface area (Å²) in [4.78, 5) is 11.0. The third-order valence-electron chi connectivity index (χ3n) is 1.20. The summed E-state index contributed by atoms with van der Waals surface area (Å²) in [6.07, 6.45) is 2.77. The number of carbonyl (C=O) groups excluding carboxylic acids is 1. The van der Waals surface area contributed by atoms with Gasteiger partial charge in [0, 0.05) is 0 Å². The lowest BCUT2D eigenvalue weighted by molar-refractivity contribution is -0.142. The van der Waals surface area contributed by atoms with Crippen LogP contribution < -0.4 is 0 Å². The van der Waals surface area contributed by atoms with Gasteiger partial charge in [-0.05, 0) is 19.6 Å². The summed E-state index contributed by atoms with van der Waals surface area (Å²) in [5.74, 6) is -0.0856. The quantitative estimate of drug-likeness (QED) is 0.588. The molecule has 0 saturated carbocycles. The minimum Gasteiger partial charge on any atom is -0.465 e. The second kappa shape index (κ2) is 5.59. The topological polar surface area (TPSA) is 26.3 Å². The van der Waals surface area contributed by atoms with Gasteiger partial charge in [0.25, 0.3) is 0 Å². The van der Waals surface area contributed by atoms with Gasteiger partial charge >= 0.3 is 5.97 Å². The van der Waals surface area contributed by atoms with E-state index in [0.29, 0.717) is 6.61 Å². The Bertz CT molecular complexity index is 99.8. The maximum Gasteiger partial charge on any atom is 0.319 e. The van der Waals surface area contributed by atoms with Crippen LogP contribution in [-0.2, 0) is 9.53 Å². The van der Waals surface area contributed by atoms with E-state index in [1.54, 1.807) is 11.8 Å². The molecular formula is C7H14O2S. The second-order valence-corrected chi connectivity index (χ2v) is 2.93. The molecule has 0 aliphatic carbocycles. The standard InChI is InChI=1S/C7H14O2S/c1-4-6(10-3)7(8)9-5-2/h6H,4-5H2,1-3H3. The molecule has 0 aromatic heterocycles. The van der Waals surface area contributed by atoms with Crippen LogP contribution in [-0.4, -0.2) is 24.1 Å². The van der Waals surface area contributed by atoms with Gasteiger partial charge in [0.2, 0.25) is 0 Å². The highest BCUT2D eigenvalue weighted by atomic mass is 32.2. The van der Waals surface area contributed by atoms with Crippen molar-refractivity contribution < 1.29 is 9.53 Å². The first-order valence-electron chi connectivity index (χ1n) is 3.45. The maximum atomic E-state index is 11.0. The Hall–Kier alpha value is -0.180. The predicted molar refractivity (Wildman–Crippen MR) is 44.2 cm³/mol. The SMILES string of the molecule is CCOC(=O)C(CC)SC. The molecule has 0 radical (unpaired) electrons. The Labute approximate surface area is 66.3 Å². The van der Waals surface area contributed by atoms with Crippen molar-refractivity contribution in [3.63, 3.8) is 0 Å². The van der Waals surface area contributed by atoms with Gasteiger partial charge in [-0.1, -0.05) is 6.92 Å². The number of ether oxygens (including phenoxy) is 1. The molecule has 0 aliphatic heterocycles. The van der Waals surface area contributed by atoms with Crippen LogP contribution >= 0.6 is 11.8 Å². The number of hydrogen-bond donors (Lipinski definition) is 0. The number of thioether (sulfide) groups is 1. The molecule has 0 bridgehead atoms. The van der Waals surface area contributed by atoms with Crippen LogP contribution in [0.5, 0.6) is 0 Å². The van der Waals surface area contributed by atoms with E-state index in [1.165, 1.54) is 0 Å². The minimum atomic E-state index is -0.0856. The Morgan fingerprint density at radius 2 is 2.20 bits per heavy atom. The largest absolute Gasteiger partial charge is 0.465 e. The zero-order valence-electron chi connectivity index (χ0n) is 6.72. The van der Waals surface area contributed by atoms with Gasteiger partial charge in [0.1, 0.15) is 5.25 Å². The van der Waals surface area contributed by atoms with Gasteiger partial charge < -0.3 is 4.74 Å². The second-order valence-electron chi connectivity index (χ2n) is 1.88. The molecule has 10 heavy (non-hydrogen) atoms. The first-order chi connectivity index (χ1) is 4.76. The van der Waals surface area contributed by atoms with E-state index >= 15 is 0 Å². The van der Waals surface area contributed by atoms with Crippen molar-refractivity contribution in [3.8, 4) is 0 Å². The Balaban J connectivity index is 3.65. The van der Waals surface area contributed by atoms with E-state index in [-0.39, 0.29) is 11.2 Å². The van der Waals surface area contributed by atoms with Gasteiger partial charge in [0.15, 0.2) is 0 Å². The average molecular weight is 162 g/mol. The van der Waals surface area contributed by atoms with Crippen LogP contribution in [0.4, 0.5) is 0 Å². The zero-order valence-corrected chi connectivity index (χ0v) is 7.53. The molecule has 0 N–H and O–H groups in total. The van der Waals surface area contributed by atoms with Crippen molar-refractivity contribution >= 4 is 17.7 Å². The Morgan fingerprint density at radius 1 is 1.60 bits per heavy atom. The van der Waals surface area contributed by atoms with Gasteiger partial charge in [0.05, 0.1) is 6.61 Å². The third kappa shape index (κ3) is 3.11. The molecule has 0 amide bonds. The van der Waals surface area contributed by atoms with E-state index in [2.05, 4.69) is 0 Å². The number of esters is 1. The third-order valence-corrected chi connectivity index (χ3v) is 2.30. The molecule has 0 aromatic rings. The lowest BCUT2D eigenvalue weighted by atomic mass is 10.3. The van der Waals surface area contributed by atoms with Gasteiger partial charge in [-0.25, -0.2) is 0 Å². The normalized spacial score (nSPS) is 12.7. The Morgan fingerprint density at radius 3 is 2.50 bits per heavy atom. The van der Waals surface area contributed by atoms with Crippen molar-refractivity contribution in [2.75, 3.05) is 12.9 Å². The zero-order chi connectivity index (χ0) is 7.98. The van der Waals surface area contributed by atoms with Crippen LogP contribution in [0.1, 0.15) is 20.3 Å². The maximum absolute atomic E-state index is 11.0. The monoisotopic (exact) mass is 162 g/mol. The number of hydrogen-bond acceptors (Lipinski definition) is 3. The molecule has 0 aromatic carbocycles. The van der Waals surface area contributed by atoms with Crippen LogP contribution in [0.3, 0.4) is 0 Å².